The predicted octanol–water partition coefficient (Wildman–Crippen LogP) is 3.13. The van der Waals surface area contributed by atoms with Crippen LogP contribution in [-0.4, -0.2) is 16.3 Å². The van der Waals surface area contributed by atoms with E-state index in [4.69, 9.17) is 0 Å². The fourth-order valence-corrected chi connectivity index (χ4v) is 1.18. The van der Waals surface area contributed by atoms with Crippen LogP contribution in [-0.2, 0) is 0 Å². The summed E-state index contributed by atoms with van der Waals surface area (Å²) in [5.41, 5.74) is -1.45. The van der Waals surface area contributed by atoms with Gasteiger partial charge in [-0.3, -0.25) is 0 Å². The van der Waals surface area contributed by atoms with E-state index in [-0.39, 0.29) is 5.69 Å². The second-order valence-corrected chi connectivity index (χ2v) is 3.11. The lowest BCUT2D eigenvalue weighted by atomic mass is 10.2. The van der Waals surface area contributed by atoms with Gasteiger partial charge >= 0.3 is 12.2 Å². The smallest absolute Gasteiger partial charge is 0.396 e. The van der Waals surface area contributed by atoms with Gasteiger partial charge in [0.15, 0.2) is 5.69 Å². The van der Waals surface area contributed by atoms with Crippen molar-refractivity contribution >= 4 is 5.82 Å². The van der Waals surface area contributed by atoms with Crippen LogP contribution in [0, 0.1) is 17.0 Å². The number of aryl methyl sites for hydroxylation is 1. The topological polar surface area (TPSA) is 65.3 Å². The Bertz CT molecular complexity index is 475. The number of rotatable bonds is 3. The fraction of sp³-hybridized carbons (Fsp3) is 0.375. The van der Waals surface area contributed by atoms with E-state index >= 15 is 0 Å². The minimum absolute atomic E-state index is 0.216. The normalized spacial score (nSPS) is 11.7. The Labute approximate surface area is 96.3 Å². The molecule has 1 rings (SSSR count). The standard InChI is InChI=1S/C8H5F5N2O3/c1-3-2-4(6(9)10)5(18-8(11,12)13)7(14-3)15(16)17/h2,6H,1H3. The molecule has 0 fully saturated rings. The lowest BCUT2D eigenvalue weighted by Gasteiger charge is -2.12. The van der Waals surface area contributed by atoms with Crippen molar-refractivity contribution in [2.24, 2.45) is 0 Å². The maximum atomic E-state index is 12.5. The third-order valence-corrected chi connectivity index (χ3v) is 1.74. The average molecular weight is 272 g/mol. The summed E-state index contributed by atoms with van der Waals surface area (Å²) >= 11 is 0. The predicted molar refractivity (Wildman–Crippen MR) is 47.3 cm³/mol. The quantitative estimate of drug-likeness (QED) is 0.481. The first-order valence-corrected chi connectivity index (χ1v) is 4.31. The third-order valence-electron chi connectivity index (χ3n) is 1.74. The van der Waals surface area contributed by atoms with Gasteiger partial charge in [0.1, 0.15) is 0 Å². The van der Waals surface area contributed by atoms with Crippen molar-refractivity contribution in [3.8, 4) is 5.75 Å². The Morgan fingerprint density at radius 2 is 2.00 bits per heavy atom. The fourth-order valence-electron chi connectivity index (χ4n) is 1.18. The summed E-state index contributed by atoms with van der Waals surface area (Å²) in [5, 5.41) is 10.5. The molecule has 0 saturated heterocycles. The molecule has 10 heteroatoms. The highest BCUT2D eigenvalue weighted by Gasteiger charge is 2.38. The molecule has 0 unspecified atom stereocenters. The van der Waals surface area contributed by atoms with E-state index in [1.165, 1.54) is 0 Å². The van der Waals surface area contributed by atoms with Gasteiger partial charge in [-0.05, 0) is 16.0 Å². The number of hydrogen-bond donors (Lipinski definition) is 0. The van der Waals surface area contributed by atoms with Gasteiger partial charge in [0.25, 0.3) is 6.43 Å². The van der Waals surface area contributed by atoms with Gasteiger partial charge in [-0.25, -0.2) is 8.78 Å². The van der Waals surface area contributed by atoms with E-state index in [9.17, 15) is 32.1 Å². The Hall–Kier alpha value is -2.00. The van der Waals surface area contributed by atoms with Gasteiger partial charge in [0.2, 0.25) is 5.75 Å². The second kappa shape index (κ2) is 4.70. The molecule has 0 aromatic carbocycles. The summed E-state index contributed by atoms with van der Waals surface area (Å²) in [4.78, 5) is 12.3. The van der Waals surface area contributed by atoms with Crippen LogP contribution in [0.5, 0.6) is 5.75 Å². The van der Waals surface area contributed by atoms with Crippen LogP contribution in [0.25, 0.3) is 0 Å². The first kappa shape index (κ1) is 14.1. The molecular formula is C8H5F5N2O3. The van der Waals surface area contributed by atoms with Crippen molar-refractivity contribution in [2.45, 2.75) is 19.7 Å². The first-order valence-electron chi connectivity index (χ1n) is 4.31. The monoisotopic (exact) mass is 272 g/mol. The number of pyridine rings is 1. The van der Waals surface area contributed by atoms with E-state index in [0.717, 1.165) is 6.92 Å². The molecule has 0 spiro atoms. The van der Waals surface area contributed by atoms with Crippen LogP contribution in [0.15, 0.2) is 6.07 Å². The Morgan fingerprint density at radius 3 is 2.39 bits per heavy atom. The largest absolute Gasteiger partial charge is 0.573 e. The molecule has 18 heavy (non-hydrogen) atoms. The van der Waals surface area contributed by atoms with Crippen molar-refractivity contribution < 1.29 is 31.6 Å². The molecule has 100 valence electrons. The van der Waals surface area contributed by atoms with Crippen LogP contribution in [0.4, 0.5) is 27.8 Å². The third kappa shape index (κ3) is 3.25. The highest BCUT2D eigenvalue weighted by molar-refractivity contribution is 5.48. The van der Waals surface area contributed by atoms with Gasteiger partial charge < -0.3 is 14.9 Å². The molecule has 0 atom stereocenters. The molecule has 1 aromatic heterocycles. The Morgan fingerprint density at radius 1 is 1.44 bits per heavy atom. The second-order valence-electron chi connectivity index (χ2n) is 3.11. The molecule has 0 amide bonds. The van der Waals surface area contributed by atoms with Crippen molar-refractivity contribution in [3.63, 3.8) is 0 Å². The van der Waals surface area contributed by atoms with Crippen molar-refractivity contribution in [2.75, 3.05) is 0 Å². The van der Waals surface area contributed by atoms with Crippen LogP contribution in [0.2, 0.25) is 0 Å². The molecule has 0 aliphatic rings. The van der Waals surface area contributed by atoms with Crippen LogP contribution < -0.4 is 4.74 Å². The number of nitrogens with zero attached hydrogens (tertiary/aromatic N) is 2. The van der Waals surface area contributed by atoms with Gasteiger partial charge in [0, 0.05) is 6.92 Å². The van der Waals surface area contributed by atoms with Crippen LogP contribution >= 0.6 is 0 Å². The van der Waals surface area contributed by atoms with Crippen LogP contribution in [0.1, 0.15) is 17.7 Å². The molecule has 0 aliphatic carbocycles. The number of hydrogen-bond acceptors (Lipinski definition) is 4. The summed E-state index contributed by atoms with van der Waals surface area (Å²) in [6, 6.07) is 0.596. The van der Waals surface area contributed by atoms with Crippen molar-refractivity contribution in [3.05, 3.63) is 27.4 Å². The average Bonchev–Trinajstić information content (AvgIpc) is 2.17. The Balaban J connectivity index is 3.46. The highest BCUT2D eigenvalue weighted by Crippen LogP contribution is 2.39. The zero-order chi connectivity index (χ0) is 14.1. The number of aromatic nitrogens is 1. The molecule has 0 saturated carbocycles. The van der Waals surface area contributed by atoms with E-state index in [2.05, 4.69) is 9.72 Å². The van der Waals surface area contributed by atoms with E-state index in [1.54, 1.807) is 0 Å². The maximum absolute atomic E-state index is 12.5. The number of halogens is 5. The maximum Gasteiger partial charge on any atom is 0.573 e. The number of ether oxygens (including phenoxy) is 1. The van der Waals surface area contributed by atoms with Crippen LogP contribution in [0.3, 0.4) is 0 Å². The number of alkyl halides is 5. The van der Waals surface area contributed by atoms with E-state index in [1.807, 2.05) is 0 Å². The SMILES string of the molecule is Cc1cc(C(F)F)c(OC(F)(F)F)c([N+](=O)[O-])n1. The summed E-state index contributed by atoms with van der Waals surface area (Å²) in [5.74, 6) is -2.99. The first-order chi connectivity index (χ1) is 8.11. The molecular weight excluding hydrogens is 267 g/mol. The van der Waals surface area contributed by atoms with Crippen molar-refractivity contribution in [1.82, 2.24) is 4.98 Å². The highest BCUT2D eigenvalue weighted by atomic mass is 19.4. The summed E-state index contributed by atoms with van der Waals surface area (Å²) in [7, 11) is 0. The summed E-state index contributed by atoms with van der Waals surface area (Å²) in [6.07, 6.45) is -8.69. The van der Waals surface area contributed by atoms with Gasteiger partial charge in [-0.15, -0.1) is 13.2 Å². The molecule has 5 nitrogen and oxygen atoms in total. The zero-order valence-electron chi connectivity index (χ0n) is 8.66. The molecule has 0 radical (unpaired) electrons. The van der Waals surface area contributed by atoms with E-state index in [0.29, 0.717) is 6.07 Å². The minimum Gasteiger partial charge on any atom is -0.396 e. The molecule has 0 N–H and O–H groups in total. The Kier molecular flexibility index (Phi) is 3.67. The number of nitro groups is 1. The van der Waals surface area contributed by atoms with E-state index < -0.39 is 34.8 Å². The lowest BCUT2D eigenvalue weighted by molar-refractivity contribution is -0.393. The molecule has 1 aromatic rings. The van der Waals surface area contributed by atoms with Gasteiger partial charge in [-0.1, -0.05) is 0 Å². The van der Waals surface area contributed by atoms with Crippen molar-refractivity contribution in [1.29, 1.82) is 0 Å². The zero-order valence-corrected chi connectivity index (χ0v) is 8.66. The molecule has 0 bridgehead atoms. The summed E-state index contributed by atoms with van der Waals surface area (Å²) < 4.78 is 64.3. The lowest BCUT2D eigenvalue weighted by Crippen LogP contribution is -2.19. The minimum atomic E-state index is -5.33. The van der Waals surface area contributed by atoms with Gasteiger partial charge in [0.05, 0.1) is 5.56 Å². The van der Waals surface area contributed by atoms with Gasteiger partial charge in [-0.2, -0.15) is 0 Å². The summed E-state index contributed by atoms with van der Waals surface area (Å²) in [6.45, 7) is 1.14. The molecule has 1 heterocycles. The molecule has 0 aliphatic heterocycles.